The van der Waals surface area contributed by atoms with E-state index in [0.717, 1.165) is 35.8 Å². The van der Waals surface area contributed by atoms with Crippen molar-refractivity contribution in [1.29, 1.82) is 0 Å². The Labute approximate surface area is 204 Å². The molecule has 188 valence electrons. The SMILES string of the molecule is CC1CCCCN1c1ccc(-c2c3cccc(C(F)(F)F)c3nn2Cc2c(F)cc(F)cc2F)cc1. The van der Waals surface area contributed by atoms with Gasteiger partial charge in [-0.1, -0.05) is 24.3 Å². The first-order valence-corrected chi connectivity index (χ1v) is 11.7. The van der Waals surface area contributed by atoms with E-state index in [1.54, 1.807) is 12.1 Å². The van der Waals surface area contributed by atoms with Gasteiger partial charge in [0.05, 0.1) is 17.8 Å². The van der Waals surface area contributed by atoms with Crippen LogP contribution in [0.4, 0.5) is 32.0 Å². The summed E-state index contributed by atoms with van der Waals surface area (Å²) in [4.78, 5) is 2.29. The van der Waals surface area contributed by atoms with Crippen molar-refractivity contribution in [3.63, 3.8) is 0 Å². The average Bonchev–Trinajstić information content (AvgIpc) is 3.19. The fourth-order valence-corrected chi connectivity index (χ4v) is 4.97. The molecule has 0 amide bonds. The van der Waals surface area contributed by atoms with Gasteiger partial charge in [-0.15, -0.1) is 0 Å². The molecule has 0 spiro atoms. The minimum atomic E-state index is -4.67. The first kappa shape index (κ1) is 24.2. The average molecular weight is 503 g/mol. The lowest BCUT2D eigenvalue weighted by atomic mass is 10.0. The monoisotopic (exact) mass is 503 g/mol. The normalized spacial score (nSPS) is 16.6. The second-order valence-electron chi connectivity index (χ2n) is 9.14. The Morgan fingerprint density at radius 2 is 1.64 bits per heavy atom. The van der Waals surface area contributed by atoms with Crippen molar-refractivity contribution >= 4 is 16.6 Å². The van der Waals surface area contributed by atoms with E-state index < -0.39 is 41.3 Å². The van der Waals surface area contributed by atoms with Gasteiger partial charge < -0.3 is 4.90 Å². The topological polar surface area (TPSA) is 21.1 Å². The summed E-state index contributed by atoms with van der Waals surface area (Å²) in [5.74, 6) is -3.35. The standard InChI is InChI=1S/C27H23F6N3/c1-16-5-2-3-12-35(16)19-10-8-17(9-11-19)26-20-6-4-7-22(27(31,32)33)25(20)34-36(26)15-21-23(29)13-18(28)14-24(21)30/h4,6-11,13-14,16H,2-3,5,12,15H2,1H3. The molecule has 3 nitrogen and oxygen atoms in total. The van der Waals surface area contributed by atoms with Gasteiger partial charge >= 0.3 is 6.18 Å². The summed E-state index contributed by atoms with van der Waals surface area (Å²) in [5.41, 5.74) is 0.0757. The van der Waals surface area contributed by atoms with Crippen molar-refractivity contribution in [2.24, 2.45) is 0 Å². The van der Waals surface area contributed by atoms with E-state index in [1.807, 2.05) is 12.1 Å². The number of fused-ring (bicyclic) bond motifs is 1. The van der Waals surface area contributed by atoms with Gasteiger partial charge in [-0.05, 0) is 44.4 Å². The number of aromatic nitrogens is 2. The molecule has 0 saturated carbocycles. The smallest absolute Gasteiger partial charge is 0.369 e. The molecule has 9 heteroatoms. The van der Waals surface area contributed by atoms with E-state index in [-0.39, 0.29) is 16.6 Å². The quantitative estimate of drug-likeness (QED) is 0.268. The zero-order chi connectivity index (χ0) is 25.6. The van der Waals surface area contributed by atoms with Crippen LogP contribution in [0, 0.1) is 17.5 Å². The number of rotatable bonds is 4. The maximum absolute atomic E-state index is 14.4. The Bertz CT molecular complexity index is 1380. The largest absolute Gasteiger partial charge is 0.418 e. The third-order valence-electron chi connectivity index (χ3n) is 6.76. The molecule has 1 saturated heterocycles. The fourth-order valence-electron chi connectivity index (χ4n) is 4.97. The van der Waals surface area contributed by atoms with Gasteiger partial charge in [0.2, 0.25) is 0 Å². The van der Waals surface area contributed by atoms with Gasteiger partial charge in [0.15, 0.2) is 0 Å². The van der Waals surface area contributed by atoms with Gasteiger partial charge in [-0.2, -0.15) is 18.3 Å². The molecule has 1 fully saturated rings. The van der Waals surface area contributed by atoms with Gasteiger partial charge in [0, 0.05) is 46.9 Å². The molecule has 4 aromatic rings. The van der Waals surface area contributed by atoms with Crippen LogP contribution >= 0.6 is 0 Å². The highest BCUT2D eigenvalue weighted by atomic mass is 19.4. The molecule has 0 radical (unpaired) electrons. The number of piperidine rings is 1. The molecule has 36 heavy (non-hydrogen) atoms. The van der Waals surface area contributed by atoms with Crippen LogP contribution in [-0.4, -0.2) is 22.4 Å². The lowest BCUT2D eigenvalue weighted by Crippen LogP contribution is -2.37. The van der Waals surface area contributed by atoms with Crippen molar-refractivity contribution in [2.45, 2.75) is 44.9 Å². The van der Waals surface area contributed by atoms with E-state index in [2.05, 4.69) is 16.9 Å². The number of halogens is 6. The van der Waals surface area contributed by atoms with Crippen LogP contribution in [0.15, 0.2) is 54.6 Å². The van der Waals surface area contributed by atoms with Crippen LogP contribution in [0.1, 0.15) is 37.3 Å². The number of benzene rings is 3. The van der Waals surface area contributed by atoms with Gasteiger partial charge in [-0.3, -0.25) is 4.68 Å². The van der Waals surface area contributed by atoms with Crippen molar-refractivity contribution in [3.8, 4) is 11.3 Å². The molecule has 1 unspecified atom stereocenters. The van der Waals surface area contributed by atoms with Crippen molar-refractivity contribution in [3.05, 3.63) is 83.2 Å². The van der Waals surface area contributed by atoms with Crippen LogP contribution in [0.3, 0.4) is 0 Å². The molecule has 1 atom stereocenters. The molecular weight excluding hydrogens is 480 g/mol. The zero-order valence-corrected chi connectivity index (χ0v) is 19.4. The minimum Gasteiger partial charge on any atom is -0.369 e. The molecular formula is C27H23F6N3. The summed E-state index contributed by atoms with van der Waals surface area (Å²) < 4.78 is 84.7. The van der Waals surface area contributed by atoms with Crippen LogP contribution in [0.25, 0.3) is 22.2 Å². The van der Waals surface area contributed by atoms with Gasteiger partial charge in [0.25, 0.3) is 0 Å². The number of hydrogen-bond donors (Lipinski definition) is 0. The van der Waals surface area contributed by atoms with Crippen molar-refractivity contribution in [1.82, 2.24) is 9.78 Å². The predicted molar refractivity (Wildman–Crippen MR) is 126 cm³/mol. The summed E-state index contributed by atoms with van der Waals surface area (Å²) in [5, 5.41) is 4.34. The third kappa shape index (κ3) is 4.42. The zero-order valence-electron chi connectivity index (χ0n) is 19.4. The second kappa shape index (κ2) is 9.19. The molecule has 1 aromatic heterocycles. The highest BCUT2D eigenvalue weighted by Gasteiger charge is 2.34. The molecule has 5 rings (SSSR count). The Balaban J connectivity index is 1.65. The molecule has 3 aromatic carbocycles. The molecule has 0 bridgehead atoms. The first-order chi connectivity index (χ1) is 17.1. The minimum absolute atomic E-state index is 0.201. The lowest BCUT2D eigenvalue weighted by Gasteiger charge is -2.35. The maximum Gasteiger partial charge on any atom is 0.418 e. The Kier molecular flexibility index (Phi) is 6.18. The second-order valence-corrected chi connectivity index (χ2v) is 9.14. The molecule has 0 aliphatic carbocycles. The number of anilines is 1. The summed E-state index contributed by atoms with van der Waals surface area (Å²) in [6.07, 6.45) is -1.34. The lowest BCUT2D eigenvalue weighted by molar-refractivity contribution is -0.136. The number of nitrogens with zero attached hydrogens (tertiary/aromatic N) is 3. The predicted octanol–water partition coefficient (Wildman–Crippen LogP) is 7.57. The molecule has 1 aliphatic heterocycles. The third-order valence-corrected chi connectivity index (χ3v) is 6.76. The van der Waals surface area contributed by atoms with E-state index in [1.165, 1.54) is 18.6 Å². The van der Waals surface area contributed by atoms with E-state index >= 15 is 0 Å². The van der Waals surface area contributed by atoms with E-state index in [0.29, 0.717) is 23.7 Å². The Hall–Kier alpha value is -3.49. The van der Waals surface area contributed by atoms with E-state index in [9.17, 15) is 26.3 Å². The van der Waals surface area contributed by atoms with E-state index in [4.69, 9.17) is 0 Å². The summed E-state index contributed by atoms with van der Waals surface area (Å²) in [6.45, 7) is 2.56. The summed E-state index contributed by atoms with van der Waals surface area (Å²) >= 11 is 0. The highest BCUT2D eigenvalue weighted by Crippen LogP contribution is 2.39. The van der Waals surface area contributed by atoms with Crippen molar-refractivity contribution in [2.75, 3.05) is 11.4 Å². The fraction of sp³-hybridized carbons (Fsp3) is 0.296. The number of hydrogen-bond acceptors (Lipinski definition) is 2. The van der Waals surface area contributed by atoms with Crippen molar-refractivity contribution < 1.29 is 26.3 Å². The Morgan fingerprint density at radius 1 is 0.944 bits per heavy atom. The first-order valence-electron chi connectivity index (χ1n) is 11.7. The van der Waals surface area contributed by atoms with Gasteiger partial charge in [-0.25, -0.2) is 13.2 Å². The van der Waals surface area contributed by atoms with Gasteiger partial charge in [0.1, 0.15) is 23.0 Å². The number of alkyl halides is 3. The van der Waals surface area contributed by atoms with Crippen LogP contribution in [0.5, 0.6) is 0 Å². The summed E-state index contributed by atoms with van der Waals surface area (Å²) in [7, 11) is 0. The highest BCUT2D eigenvalue weighted by molar-refractivity contribution is 5.95. The molecule has 2 heterocycles. The maximum atomic E-state index is 14.4. The van der Waals surface area contributed by atoms with Crippen LogP contribution < -0.4 is 4.90 Å². The molecule has 0 N–H and O–H groups in total. The molecule has 1 aliphatic rings. The van der Waals surface area contributed by atoms with Crippen LogP contribution in [-0.2, 0) is 12.7 Å². The summed E-state index contributed by atoms with van der Waals surface area (Å²) in [6, 6.07) is 12.5. The van der Waals surface area contributed by atoms with Crippen LogP contribution in [0.2, 0.25) is 0 Å². The Morgan fingerprint density at radius 3 is 2.28 bits per heavy atom.